The van der Waals surface area contributed by atoms with Crippen molar-refractivity contribution in [3.63, 3.8) is 0 Å². The second-order valence-electron chi connectivity index (χ2n) is 5.56. The fourth-order valence-electron chi connectivity index (χ4n) is 3.08. The van der Waals surface area contributed by atoms with Gasteiger partial charge in [0.2, 0.25) is 0 Å². The van der Waals surface area contributed by atoms with Crippen LogP contribution in [0.3, 0.4) is 0 Å². The van der Waals surface area contributed by atoms with Crippen LogP contribution >= 0.6 is 0 Å². The zero-order chi connectivity index (χ0) is 13.8. The number of nitrogens with one attached hydrogen (secondary N) is 1. The molecule has 0 radical (unpaired) electrons. The van der Waals surface area contributed by atoms with E-state index in [4.69, 9.17) is 0 Å². The van der Waals surface area contributed by atoms with E-state index in [2.05, 4.69) is 21.3 Å². The van der Waals surface area contributed by atoms with Gasteiger partial charge in [0.05, 0.1) is 0 Å². The second-order valence-corrected chi connectivity index (χ2v) is 5.56. The number of nitrogens with zero attached hydrogens (tertiary/aromatic N) is 3. The summed E-state index contributed by atoms with van der Waals surface area (Å²) in [6.07, 6.45) is 6.72. The first kappa shape index (κ1) is 13.4. The molecule has 0 unspecified atom stereocenters. The quantitative estimate of drug-likeness (QED) is 0.895. The van der Waals surface area contributed by atoms with Crippen molar-refractivity contribution in [3.8, 4) is 0 Å². The second kappa shape index (κ2) is 6.22. The average Bonchev–Trinajstić information content (AvgIpc) is 2.88. The molecule has 1 N–H and O–H groups in total. The third-order valence-electron chi connectivity index (χ3n) is 4.27. The molecule has 0 atom stereocenters. The number of hydrogen-bond acceptors (Lipinski definition) is 3. The fourth-order valence-corrected chi connectivity index (χ4v) is 3.08. The van der Waals surface area contributed by atoms with Crippen LogP contribution in [-0.2, 0) is 6.42 Å². The minimum atomic E-state index is 0.223. The van der Waals surface area contributed by atoms with Crippen LogP contribution in [0, 0.1) is 0 Å². The van der Waals surface area contributed by atoms with Gasteiger partial charge in [0.15, 0.2) is 0 Å². The summed E-state index contributed by atoms with van der Waals surface area (Å²) in [6.45, 7) is 4.61. The zero-order valence-electron chi connectivity index (χ0n) is 11.8. The van der Waals surface area contributed by atoms with Crippen molar-refractivity contribution in [3.05, 3.63) is 30.1 Å². The van der Waals surface area contributed by atoms with Crippen molar-refractivity contribution in [1.82, 2.24) is 20.1 Å². The molecule has 20 heavy (non-hydrogen) atoms. The lowest BCUT2D eigenvalue weighted by molar-refractivity contribution is 0.166. The fraction of sp³-hybridized carbons (Fsp3) is 0.600. The molecule has 108 valence electrons. The first-order chi connectivity index (χ1) is 9.84. The largest absolute Gasteiger partial charge is 0.323 e. The van der Waals surface area contributed by atoms with Crippen LogP contribution in [-0.4, -0.2) is 59.6 Å². The Morgan fingerprint density at radius 1 is 1.30 bits per heavy atom. The zero-order valence-corrected chi connectivity index (χ0v) is 11.8. The van der Waals surface area contributed by atoms with Crippen molar-refractivity contribution < 1.29 is 4.79 Å². The van der Waals surface area contributed by atoms with E-state index < -0.39 is 0 Å². The van der Waals surface area contributed by atoms with E-state index in [1.807, 2.05) is 17.2 Å². The van der Waals surface area contributed by atoms with Crippen LogP contribution in [0.5, 0.6) is 0 Å². The van der Waals surface area contributed by atoms with Gasteiger partial charge in [-0.05, 0) is 44.0 Å². The molecule has 2 aliphatic heterocycles. The number of urea groups is 1. The van der Waals surface area contributed by atoms with Gasteiger partial charge in [-0.1, -0.05) is 6.07 Å². The van der Waals surface area contributed by atoms with Gasteiger partial charge in [-0.25, -0.2) is 4.79 Å². The Labute approximate surface area is 120 Å². The van der Waals surface area contributed by atoms with E-state index in [1.165, 1.54) is 5.56 Å². The van der Waals surface area contributed by atoms with Gasteiger partial charge < -0.3 is 15.1 Å². The maximum atomic E-state index is 12.4. The average molecular weight is 274 g/mol. The molecule has 3 rings (SSSR count). The Bertz CT molecular complexity index is 444. The Morgan fingerprint density at radius 3 is 2.90 bits per heavy atom. The van der Waals surface area contributed by atoms with Crippen LogP contribution in [0.4, 0.5) is 4.79 Å². The normalized spacial score (nSPS) is 20.7. The number of aromatic nitrogens is 1. The number of pyridine rings is 1. The minimum absolute atomic E-state index is 0.223. The van der Waals surface area contributed by atoms with Gasteiger partial charge >= 0.3 is 6.03 Å². The molecule has 0 saturated carbocycles. The third kappa shape index (κ3) is 2.93. The third-order valence-corrected chi connectivity index (χ3v) is 4.27. The summed E-state index contributed by atoms with van der Waals surface area (Å²) in [7, 11) is 0. The van der Waals surface area contributed by atoms with E-state index >= 15 is 0 Å². The van der Waals surface area contributed by atoms with Crippen LogP contribution in [0.2, 0.25) is 0 Å². The van der Waals surface area contributed by atoms with Crippen LogP contribution in [0.25, 0.3) is 0 Å². The monoisotopic (exact) mass is 274 g/mol. The molecular weight excluding hydrogens is 252 g/mol. The summed E-state index contributed by atoms with van der Waals surface area (Å²) in [4.78, 5) is 20.6. The lowest BCUT2D eigenvalue weighted by Gasteiger charge is -2.31. The number of carbonyl (C=O) groups is 1. The highest BCUT2D eigenvalue weighted by Gasteiger charge is 2.33. The topological polar surface area (TPSA) is 48.5 Å². The highest BCUT2D eigenvalue weighted by Crippen LogP contribution is 2.18. The van der Waals surface area contributed by atoms with E-state index in [-0.39, 0.29) is 6.03 Å². The Balaban J connectivity index is 1.53. The molecule has 0 aromatic carbocycles. The summed E-state index contributed by atoms with van der Waals surface area (Å²) in [6, 6.07) is 4.67. The molecule has 2 fully saturated rings. The van der Waals surface area contributed by atoms with Crippen molar-refractivity contribution in [1.29, 1.82) is 0 Å². The molecule has 2 aliphatic rings. The maximum Gasteiger partial charge on any atom is 0.320 e. The molecule has 3 heterocycles. The SMILES string of the molecule is O=C1N(CCc2cccnc2)CCN1C1CCNCC1. The molecular formula is C15H22N4O. The van der Waals surface area contributed by atoms with E-state index in [1.54, 1.807) is 6.20 Å². The summed E-state index contributed by atoms with van der Waals surface area (Å²) in [5, 5.41) is 3.35. The van der Waals surface area contributed by atoms with Crippen molar-refractivity contribution >= 4 is 6.03 Å². The lowest BCUT2D eigenvalue weighted by atomic mass is 10.1. The van der Waals surface area contributed by atoms with E-state index in [0.29, 0.717) is 6.04 Å². The Hall–Kier alpha value is -1.62. The number of rotatable bonds is 4. The maximum absolute atomic E-state index is 12.4. The summed E-state index contributed by atoms with van der Waals surface area (Å²) in [5.41, 5.74) is 1.20. The summed E-state index contributed by atoms with van der Waals surface area (Å²) in [5.74, 6) is 0. The van der Waals surface area contributed by atoms with E-state index in [0.717, 1.165) is 52.0 Å². The highest BCUT2D eigenvalue weighted by atomic mass is 16.2. The molecule has 2 saturated heterocycles. The number of carbonyl (C=O) groups excluding carboxylic acids is 1. The van der Waals surface area contributed by atoms with Crippen molar-refractivity contribution in [2.45, 2.75) is 25.3 Å². The lowest BCUT2D eigenvalue weighted by Crippen LogP contribution is -2.45. The van der Waals surface area contributed by atoms with Gasteiger partial charge in [-0.2, -0.15) is 0 Å². The van der Waals surface area contributed by atoms with Crippen LogP contribution in [0.1, 0.15) is 18.4 Å². The molecule has 0 aliphatic carbocycles. The standard InChI is InChI=1S/C15H22N4O/c20-15-18(9-5-13-2-1-6-17-12-13)10-11-19(15)14-3-7-16-8-4-14/h1-2,6,12,14,16H,3-5,7-11H2. The number of hydrogen-bond donors (Lipinski definition) is 1. The highest BCUT2D eigenvalue weighted by molar-refractivity contribution is 5.76. The molecule has 1 aromatic heterocycles. The van der Waals surface area contributed by atoms with Gasteiger partial charge in [0.1, 0.15) is 0 Å². The first-order valence-electron chi connectivity index (χ1n) is 7.50. The van der Waals surface area contributed by atoms with Gasteiger partial charge in [0, 0.05) is 38.1 Å². The minimum Gasteiger partial charge on any atom is -0.323 e. The summed E-state index contributed by atoms with van der Waals surface area (Å²) >= 11 is 0. The molecule has 5 heteroatoms. The van der Waals surface area contributed by atoms with E-state index in [9.17, 15) is 4.79 Å². The molecule has 1 aromatic rings. The number of amides is 2. The number of piperidine rings is 1. The first-order valence-corrected chi connectivity index (χ1v) is 7.50. The summed E-state index contributed by atoms with van der Waals surface area (Å²) < 4.78 is 0. The predicted molar refractivity (Wildman–Crippen MR) is 77.5 cm³/mol. The smallest absolute Gasteiger partial charge is 0.320 e. The molecule has 5 nitrogen and oxygen atoms in total. The molecule has 0 bridgehead atoms. The van der Waals surface area contributed by atoms with Gasteiger partial charge in [-0.3, -0.25) is 4.98 Å². The van der Waals surface area contributed by atoms with Crippen LogP contribution in [0.15, 0.2) is 24.5 Å². The Kier molecular flexibility index (Phi) is 4.16. The van der Waals surface area contributed by atoms with Crippen LogP contribution < -0.4 is 5.32 Å². The predicted octanol–water partition coefficient (Wildman–Crippen LogP) is 1.11. The van der Waals surface area contributed by atoms with Gasteiger partial charge in [0.25, 0.3) is 0 Å². The molecule has 0 spiro atoms. The molecule has 2 amide bonds. The van der Waals surface area contributed by atoms with Crippen molar-refractivity contribution in [2.24, 2.45) is 0 Å². The van der Waals surface area contributed by atoms with Gasteiger partial charge in [-0.15, -0.1) is 0 Å². The van der Waals surface area contributed by atoms with Crippen molar-refractivity contribution in [2.75, 3.05) is 32.7 Å². The Morgan fingerprint density at radius 2 is 2.15 bits per heavy atom.